The Bertz CT molecular complexity index is 636. The van der Waals surface area contributed by atoms with Gasteiger partial charge in [0, 0.05) is 17.7 Å². The molecule has 0 amide bonds. The normalized spacial score (nSPS) is 10.8. The van der Waals surface area contributed by atoms with Crippen molar-refractivity contribution in [2.45, 2.75) is 0 Å². The van der Waals surface area contributed by atoms with E-state index in [1.54, 1.807) is 25.3 Å². The van der Waals surface area contributed by atoms with Gasteiger partial charge in [-0.25, -0.2) is 4.79 Å². The zero-order valence-electron chi connectivity index (χ0n) is 9.83. The van der Waals surface area contributed by atoms with E-state index in [-0.39, 0.29) is 5.89 Å². The Morgan fingerprint density at radius 3 is 2.89 bits per heavy atom. The third-order valence-electron chi connectivity index (χ3n) is 2.21. The predicted octanol–water partition coefficient (Wildman–Crippen LogP) is 2.61. The molecular weight excluding hydrogens is 316 g/mol. The van der Waals surface area contributed by atoms with Crippen LogP contribution in [-0.4, -0.2) is 28.4 Å². The highest BCUT2D eigenvalue weighted by Gasteiger charge is 2.09. The maximum Gasteiger partial charge on any atom is 0.328 e. The smallest absolute Gasteiger partial charge is 0.328 e. The quantitative estimate of drug-likeness (QED) is 0.870. The zero-order valence-corrected chi connectivity index (χ0v) is 11.4. The molecule has 2 rings (SSSR count). The van der Waals surface area contributed by atoms with E-state index >= 15 is 0 Å². The Balaban J connectivity index is 2.27. The highest BCUT2D eigenvalue weighted by molar-refractivity contribution is 9.10. The first-order valence-electron chi connectivity index (χ1n) is 5.18. The molecule has 0 radical (unpaired) electrons. The summed E-state index contributed by atoms with van der Waals surface area (Å²) in [6.07, 6.45) is 2.17. The van der Waals surface area contributed by atoms with Gasteiger partial charge >= 0.3 is 5.97 Å². The van der Waals surface area contributed by atoms with Crippen LogP contribution in [0.25, 0.3) is 17.5 Å². The number of carboxylic acid groups (broad SMARTS) is 1. The van der Waals surface area contributed by atoms with Crippen LogP contribution in [0.5, 0.6) is 5.75 Å². The number of benzene rings is 1. The fourth-order valence-electron chi connectivity index (χ4n) is 1.36. The third-order valence-corrected chi connectivity index (χ3v) is 2.83. The fourth-order valence-corrected chi connectivity index (χ4v) is 1.90. The first-order chi connectivity index (χ1) is 9.10. The summed E-state index contributed by atoms with van der Waals surface area (Å²) in [6.45, 7) is 0. The van der Waals surface area contributed by atoms with Gasteiger partial charge in [-0.15, -0.1) is 10.2 Å². The number of hydrogen-bond acceptors (Lipinski definition) is 5. The summed E-state index contributed by atoms with van der Waals surface area (Å²) in [5.74, 6) is 0.0407. The molecule has 98 valence electrons. The molecule has 0 aliphatic heterocycles. The summed E-state index contributed by atoms with van der Waals surface area (Å²) < 4.78 is 11.2. The molecule has 0 spiro atoms. The highest BCUT2D eigenvalue weighted by Crippen LogP contribution is 2.29. The molecule has 1 N–H and O–H groups in total. The monoisotopic (exact) mass is 324 g/mol. The Kier molecular flexibility index (Phi) is 3.96. The van der Waals surface area contributed by atoms with Crippen LogP contribution in [0.3, 0.4) is 0 Å². The maximum absolute atomic E-state index is 10.4. The number of hydrogen-bond donors (Lipinski definition) is 1. The Labute approximate surface area is 116 Å². The van der Waals surface area contributed by atoms with Gasteiger partial charge in [0.25, 0.3) is 0 Å². The van der Waals surface area contributed by atoms with Crippen molar-refractivity contribution in [2.24, 2.45) is 0 Å². The minimum atomic E-state index is -1.08. The maximum atomic E-state index is 10.4. The lowest BCUT2D eigenvalue weighted by atomic mass is 10.2. The number of halogens is 1. The largest absolute Gasteiger partial charge is 0.496 e. The van der Waals surface area contributed by atoms with Gasteiger partial charge in [-0.2, -0.15) is 0 Å². The van der Waals surface area contributed by atoms with Crippen LogP contribution in [0.1, 0.15) is 5.89 Å². The van der Waals surface area contributed by atoms with Gasteiger partial charge in [0.2, 0.25) is 11.8 Å². The molecule has 2 aromatic rings. The summed E-state index contributed by atoms with van der Waals surface area (Å²) in [6, 6.07) is 5.30. The van der Waals surface area contributed by atoms with E-state index in [1.165, 1.54) is 6.08 Å². The van der Waals surface area contributed by atoms with E-state index in [0.29, 0.717) is 17.2 Å². The molecule has 0 saturated carbocycles. The topological polar surface area (TPSA) is 85.5 Å². The van der Waals surface area contributed by atoms with E-state index in [4.69, 9.17) is 14.3 Å². The Hall–Kier alpha value is -2.15. The predicted molar refractivity (Wildman–Crippen MR) is 70.7 cm³/mol. The third kappa shape index (κ3) is 3.19. The lowest BCUT2D eigenvalue weighted by Gasteiger charge is -2.03. The van der Waals surface area contributed by atoms with Crippen LogP contribution < -0.4 is 4.74 Å². The number of aliphatic carboxylic acids is 1. The molecule has 0 fully saturated rings. The second kappa shape index (κ2) is 5.66. The molecule has 0 unspecified atom stereocenters. The molecule has 19 heavy (non-hydrogen) atoms. The van der Waals surface area contributed by atoms with Crippen LogP contribution >= 0.6 is 15.9 Å². The number of ether oxygens (including phenoxy) is 1. The van der Waals surface area contributed by atoms with Gasteiger partial charge in [-0.05, 0) is 34.1 Å². The first-order valence-corrected chi connectivity index (χ1v) is 5.98. The van der Waals surface area contributed by atoms with Crippen molar-refractivity contribution in [3.05, 3.63) is 34.6 Å². The fraction of sp³-hybridized carbons (Fsp3) is 0.0833. The average molecular weight is 325 g/mol. The summed E-state index contributed by atoms with van der Waals surface area (Å²) in [5, 5.41) is 16.1. The van der Waals surface area contributed by atoms with Crippen LogP contribution in [0, 0.1) is 0 Å². The van der Waals surface area contributed by atoms with Crippen molar-refractivity contribution < 1.29 is 19.1 Å². The number of methoxy groups -OCH3 is 1. The van der Waals surface area contributed by atoms with Crippen molar-refractivity contribution in [3.8, 4) is 17.2 Å². The van der Waals surface area contributed by atoms with E-state index in [0.717, 1.165) is 10.5 Å². The molecule has 1 aromatic carbocycles. The second-order valence-corrected chi connectivity index (χ2v) is 4.32. The van der Waals surface area contributed by atoms with Gasteiger partial charge in [-0.3, -0.25) is 0 Å². The molecular formula is C12H9BrN2O4. The number of carboxylic acids is 1. The molecule has 6 nitrogen and oxygen atoms in total. The van der Waals surface area contributed by atoms with Crippen molar-refractivity contribution >= 4 is 28.0 Å². The average Bonchev–Trinajstić information content (AvgIpc) is 2.85. The Morgan fingerprint density at radius 1 is 1.47 bits per heavy atom. The van der Waals surface area contributed by atoms with Gasteiger partial charge in [0.1, 0.15) is 5.75 Å². The number of nitrogens with zero attached hydrogens (tertiary/aromatic N) is 2. The molecule has 0 bridgehead atoms. The summed E-state index contributed by atoms with van der Waals surface area (Å²) in [5.41, 5.74) is 0.704. The lowest BCUT2D eigenvalue weighted by Crippen LogP contribution is -1.85. The minimum absolute atomic E-state index is 0.129. The SMILES string of the molecule is COc1ccc(-c2nnc(/C=C/C(=O)O)o2)cc1Br. The van der Waals surface area contributed by atoms with Crippen LogP contribution in [0.2, 0.25) is 0 Å². The zero-order chi connectivity index (χ0) is 13.8. The van der Waals surface area contributed by atoms with Gasteiger partial charge < -0.3 is 14.3 Å². The molecule has 7 heteroatoms. The van der Waals surface area contributed by atoms with Crippen LogP contribution in [0.15, 0.2) is 33.2 Å². The lowest BCUT2D eigenvalue weighted by molar-refractivity contribution is -0.131. The van der Waals surface area contributed by atoms with Crippen molar-refractivity contribution in [2.75, 3.05) is 7.11 Å². The minimum Gasteiger partial charge on any atom is -0.496 e. The van der Waals surface area contributed by atoms with Gasteiger partial charge in [0.05, 0.1) is 11.6 Å². The molecule has 0 aliphatic carbocycles. The van der Waals surface area contributed by atoms with Gasteiger partial charge in [-0.1, -0.05) is 0 Å². The molecule has 1 aromatic heterocycles. The van der Waals surface area contributed by atoms with Crippen LogP contribution in [-0.2, 0) is 4.79 Å². The van der Waals surface area contributed by atoms with E-state index in [1.807, 2.05) is 0 Å². The number of aromatic nitrogens is 2. The van der Waals surface area contributed by atoms with Crippen LogP contribution in [0.4, 0.5) is 0 Å². The molecule has 0 aliphatic rings. The summed E-state index contributed by atoms with van der Waals surface area (Å²) >= 11 is 3.35. The first kappa shape index (κ1) is 13.3. The van der Waals surface area contributed by atoms with E-state index in [9.17, 15) is 4.79 Å². The van der Waals surface area contributed by atoms with Crippen molar-refractivity contribution in [1.82, 2.24) is 10.2 Å². The summed E-state index contributed by atoms with van der Waals surface area (Å²) in [4.78, 5) is 10.4. The van der Waals surface area contributed by atoms with Crippen molar-refractivity contribution in [1.29, 1.82) is 0 Å². The highest BCUT2D eigenvalue weighted by atomic mass is 79.9. The Morgan fingerprint density at radius 2 is 2.26 bits per heavy atom. The van der Waals surface area contributed by atoms with Gasteiger partial charge in [0.15, 0.2) is 0 Å². The number of rotatable bonds is 4. The second-order valence-electron chi connectivity index (χ2n) is 3.47. The summed E-state index contributed by atoms with van der Waals surface area (Å²) in [7, 11) is 1.57. The van der Waals surface area contributed by atoms with E-state index < -0.39 is 5.97 Å². The van der Waals surface area contributed by atoms with E-state index in [2.05, 4.69) is 26.1 Å². The molecule has 0 atom stereocenters. The standard InChI is InChI=1S/C12H9BrN2O4/c1-18-9-3-2-7(6-8(9)13)12-15-14-10(19-12)4-5-11(16)17/h2-6H,1H3,(H,16,17)/b5-4+. The molecule has 0 saturated heterocycles. The van der Waals surface area contributed by atoms with Crippen molar-refractivity contribution in [3.63, 3.8) is 0 Å². The molecule has 1 heterocycles. The number of carbonyl (C=O) groups is 1.